The van der Waals surface area contributed by atoms with E-state index in [9.17, 15) is 50.4 Å². The predicted molar refractivity (Wildman–Crippen MR) is 132 cm³/mol. The molecule has 0 aliphatic carbocycles. The van der Waals surface area contributed by atoms with Gasteiger partial charge in [0.25, 0.3) is 23.4 Å². The Kier molecular flexibility index (Phi) is 8.34. The lowest BCUT2D eigenvalue weighted by Crippen LogP contribution is -2.66. The highest BCUT2D eigenvalue weighted by atomic mass is 16.7. The number of rotatable bonds is 6. The number of likely N-dealkylation sites (tertiary alicyclic amines) is 2. The van der Waals surface area contributed by atoms with E-state index in [0.29, 0.717) is 44.8 Å². The van der Waals surface area contributed by atoms with E-state index in [1.165, 1.54) is 0 Å². The number of hydrogen-bond acceptors (Lipinski definition) is 14. The summed E-state index contributed by atoms with van der Waals surface area (Å²) >= 11 is 0. The minimum Gasteiger partial charge on any atom is -0.356 e. The summed E-state index contributed by atoms with van der Waals surface area (Å²) in [5.41, 5.74) is 0. The molecule has 16 nitrogen and oxygen atoms in total. The van der Waals surface area contributed by atoms with Crippen molar-refractivity contribution in [3.63, 3.8) is 0 Å². The maximum absolute atomic E-state index is 13.1. The highest BCUT2D eigenvalue weighted by Gasteiger charge is 2.83. The van der Waals surface area contributed by atoms with Gasteiger partial charge in [0, 0.05) is 51.0 Å². The Morgan fingerprint density at radius 3 is 2.10 bits per heavy atom. The van der Waals surface area contributed by atoms with Gasteiger partial charge in [-0.05, 0) is 19.3 Å². The summed E-state index contributed by atoms with van der Waals surface area (Å²) in [6.45, 7) is 6.38. The molecule has 4 aliphatic rings. The smallest absolute Gasteiger partial charge is 0.297 e. The van der Waals surface area contributed by atoms with Crippen molar-refractivity contribution in [2.45, 2.75) is 81.3 Å². The Hall–Kier alpha value is -1.54. The van der Waals surface area contributed by atoms with E-state index in [1.807, 2.05) is 20.8 Å². The van der Waals surface area contributed by atoms with Crippen LogP contribution in [0.1, 0.15) is 40.0 Å². The first-order valence-electron chi connectivity index (χ1n) is 13.5. The topological polar surface area (TPSA) is 236 Å². The van der Waals surface area contributed by atoms with Gasteiger partial charge in [-0.2, -0.15) is 4.90 Å². The zero-order valence-electron chi connectivity index (χ0n) is 22.9. The van der Waals surface area contributed by atoms with Gasteiger partial charge in [-0.25, -0.2) is 0 Å². The van der Waals surface area contributed by atoms with Crippen LogP contribution >= 0.6 is 0 Å². The maximum Gasteiger partial charge on any atom is 0.297 e. The molecular formula is C24H42N4O12. The normalized spacial score (nSPS) is 35.5. The lowest BCUT2D eigenvalue weighted by molar-refractivity contribution is -0.452. The lowest BCUT2D eigenvalue weighted by Gasteiger charge is -2.49. The fourth-order valence-corrected chi connectivity index (χ4v) is 5.97. The van der Waals surface area contributed by atoms with Crippen molar-refractivity contribution in [2.75, 3.05) is 45.9 Å². The van der Waals surface area contributed by atoms with E-state index in [2.05, 4.69) is 5.32 Å². The molecule has 230 valence electrons. The van der Waals surface area contributed by atoms with Crippen LogP contribution in [-0.4, -0.2) is 155 Å². The van der Waals surface area contributed by atoms with Crippen molar-refractivity contribution in [1.82, 2.24) is 20.0 Å². The summed E-state index contributed by atoms with van der Waals surface area (Å²) in [6.07, 6.45) is 1.31. The quantitative estimate of drug-likeness (QED) is 0.135. The number of nitrogens with one attached hydrogen (secondary N) is 1. The summed E-state index contributed by atoms with van der Waals surface area (Å²) in [4.78, 5) is 29.2. The van der Waals surface area contributed by atoms with Crippen molar-refractivity contribution in [1.29, 1.82) is 0 Å². The second kappa shape index (κ2) is 10.6. The highest BCUT2D eigenvalue weighted by Crippen LogP contribution is 2.48. The number of carbonyl (C=O) groups is 2. The van der Waals surface area contributed by atoms with Crippen molar-refractivity contribution in [2.24, 2.45) is 11.8 Å². The third-order valence-electron chi connectivity index (χ3n) is 8.39. The minimum atomic E-state index is -4.14. The first-order chi connectivity index (χ1) is 18.4. The molecule has 16 heteroatoms. The van der Waals surface area contributed by atoms with E-state index in [0.717, 1.165) is 0 Å². The summed E-state index contributed by atoms with van der Waals surface area (Å²) in [7, 11) is 0. The van der Waals surface area contributed by atoms with Crippen LogP contribution in [0.25, 0.3) is 0 Å². The van der Waals surface area contributed by atoms with E-state index < -0.39 is 41.6 Å². The van der Waals surface area contributed by atoms with Crippen molar-refractivity contribution in [3.8, 4) is 0 Å². The van der Waals surface area contributed by atoms with Gasteiger partial charge in [0.1, 0.15) is 0 Å². The fraction of sp³-hybridized carbons (Fsp3) is 0.917. The Morgan fingerprint density at radius 1 is 1.00 bits per heavy atom. The van der Waals surface area contributed by atoms with E-state index in [1.54, 1.807) is 9.80 Å². The molecule has 4 rings (SSSR count). The second-order valence-electron chi connectivity index (χ2n) is 11.9. The van der Waals surface area contributed by atoms with E-state index in [-0.39, 0.29) is 48.6 Å². The number of piperazine rings is 1. The minimum absolute atomic E-state index is 0.0192. The third kappa shape index (κ3) is 5.14. The molecule has 2 unspecified atom stereocenters. The Labute approximate surface area is 231 Å². The summed E-state index contributed by atoms with van der Waals surface area (Å²) < 4.78 is 11.9. The number of nitrogens with zero attached hydrogens (tertiary/aromatic N) is 3. The van der Waals surface area contributed by atoms with Crippen LogP contribution in [0.15, 0.2) is 0 Å². The van der Waals surface area contributed by atoms with Crippen molar-refractivity contribution in [3.05, 3.63) is 0 Å². The molecule has 2 atom stereocenters. The number of piperidine rings is 1. The molecule has 0 aromatic rings. The SMILES string of the molecule is CC(C)CC1NCCN(CC(=O)N2CCC3(CC2C)OCC(CN2C(O)(O)C(O)(O)C(O)(O)C2(O)O)CO3)C1=O. The maximum atomic E-state index is 13.1. The van der Waals surface area contributed by atoms with Crippen LogP contribution < -0.4 is 5.32 Å². The monoisotopic (exact) mass is 578 g/mol. The van der Waals surface area contributed by atoms with Crippen LogP contribution in [0.2, 0.25) is 0 Å². The first-order valence-corrected chi connectivity index (χ1v) is 13.5. The van der Waals surface area contributed by atoms with Crippen LogP contribution in [0.3, 0.4) is 0 Å². The zero-order chi connectivity index (χ0) is 29.9. The molecule has 4 saturated heterocycles. The largest absolute Gasteiger partial charge is 0.356 e. The summed E-state index contributed by atoms with van der Waals surface area (Å²) in [5.74, 6) is -17.7. The van der Waals surface area contributed by atoms with Gasteiger partial charge in [-0.3, -0.25) is 9.59 Å². The molecule has 1 spiro atoms. The standard InChI is InChI=1S/C24H42N4O12/c1-14(2)8-17-19(30)26(7-5-25-17)11-18(29)27-6-4-20(9-15(27)3)39-12-16(13-40-20)10-28-23(35,36)21(31,32)22(33,34)24(28,37)38/h14-17,25,31-38H,4-13H2,1-3H3. The lowest BCUT2D eigenvalue weighted by atomic mass is 9.94. The molecule has 0 saturated carbocycles. The Morgan fingerprint density at radius 2 is 1.57 bits per heavy atom. The molecule has 9 N–H and O–H groups in total. The van der Waals surface area contributed by atoms with Gasteiger partial charge >= 0.3 is 0 Å². The zero-order valence-corrected chi connectivity index (χ0v) is 22.9. The molecule has 4 fully saturated rings. The number of aliphatic hydroxyl groups is 8. The average Bonchev–Trinajstić information content (AvgIpc) is 2.91. The second-order valence-corrected chi connectivity index (χ2v) is 11.9. The number of hydrogen-bond donors (Lipinski definition) is 9. The number of carbonyl (C=O) groups excluding carboxylic acids is 2. The van der Waals surface area contributed by atoms with Crippen LogP contribution in [0.4, 0.5) is 0 Å². The fourth-order valence-electron chi connectivity index (χ4n) is 5.97. The van der Waals surface area contributed by atoms with Crippen LogP contribution in [-0.2, 0) is 19.1 Å². The first kappa shape index (κ1) is 31.4. The van der Waals surface area contributed by atoms with Gasteiger partial charge in [-0.1, -0.05) is 13.8 Å². The molecule has 4 heterocycles. The number of ether oxygens (including phenoxy) is 2. The predicted octanol–water partition coefficient (Wildman–Crippen LogP) is -4.84. The molecular weight excluding hydrogens is 536 g/mol. The summed E-state index contributed by atoms with van der Waals surface area (Å²) in [5, 5.41) is 83.0. The molecule has 0 aromatic heterocycles. The van der Waals surface area contributed by atoms with Gasteiger partial charge in [-0.15, -0.1) is 0 Å². The van der Waals surface area contributed by atoms with E-state index in [4.69, 9.17) is 9.47 Å². The Balaban J connectivity index is 1.32. The van der Waals surface area contributed by atoms with Crippen LogP contribution in [0, 0.1) is 11.8 Å². The molecule has 0 bridgehead atoms. The summed E-state index contributed by atoms with van der Waals surface area (Å²) in [6, 6.07) is -0.596. The molecule has 4 aliphatic heterocycles. The molecule has 0 radical (unpaired) electrons. The Bertz CT molecular complexity index is 940. The molecule has 0 aromatic carbocycles. The molecule has 40 heavy (non-hydrogen) atoms. The van der Waals surface area contributed by atoms with Gasteiger partial charge in [0.2, 0.25) is 11.8 Å². The van der Waals surface area contributed by atoms with Crippen LogP contribution in [0.5, 0.6) is 0 Å². The van der Waals surface area contributed by atoms with Gasteiger partial charge in [0.05, 0.1) is 25.8 Å². The van der Waals surface area contributed by atoms with Gasteiger partial charge < -0.3 is 65.4 Å². The van der Waals surface area contributed by atoms with Crippen molar-refractivity contribution < 1.29 is 59.9 Å². The highest BCUT2D eigenvalue weighted by molar-refractivity contribution is 5.88. The number of amides is 2. The van der Waals surface area contributed by atoms with Gasteiger partial charge in [0.15, 0.2) is 5.79 Å². The third-order valence-corrected chi connectivity index (χ3v) is 8.39. The average molecular weight is 579 g/mol. The van der Waals surface area contributed by atoms with E-state index >= 15 is 0 Å². The molecule has 2 amide bonds. The van der Waals surface area contributed by atoms with Crippen molar-refractivity contribution >= 4 is 11.8 Å².